The van der Waals surface area contributed by atoms with Gasteiger partial charge in [-0.25, -0.2) is 33.0 Å². The molecule has 1 saturated carbocycles. The number of halogens is 1. The van der Waals surface area contributed by atoms with Gasteiger partial charge in [0.25, 0.3) is 0 Å². The van der Waals surface area contributed by atoms with Crippen LogP contribution in [-0.4, -0.2) is 86.4 Å². The molecule has 0 radical (unpaired) electrons. The number of phosphoric ester groups is 1. The number of alkyl carbamates (subject to hydrolysis) is 1. The topological polar surface area (TPSA) is 192 Å². The van der Waals surface area contributed by atoms with E-state index in [0.717, 1.165) is 11.3 Å². The average molecular weight is 801 g/mol. The molecular formula is C37H50FN8O9P. The number of carbonyl (C=O) groups excluding carboxylic acids is 2. The molecule has 304 valence electrons. The lowest BCUT2D eigenvalue weighted by Gasteiger charge is -2.33. The molecule has 19 heteroatoms. The van der Waals surface area contributed by atoms with Crippen LogP contribution in [0.1, 0.15) is 81.0 Å². The fourth-order valence-corrected chi connectivity index (χ4v) is 8.46. The second kappa shape index (κ2) is 15.0. The highest BCUT2D eigenvalue weighted by molar-refractivity contribution is 7.48. The van der Waals surface area contributed by atoms with Crippen molar-refractivity contribution in [1.29, 1.82) is 0 Å². The quantitative estimate of drug-likeness (QED) is 0.116. The van der Waals surface area contributed by atoms with Crippen molar-refractivity contribution in [3.05, 3.63) is 36.2 Å². The van der Waals surface area contributed by atoms with Crippen molar-refractivity contribution in [3.63, 3.8) is 0 Å². The number of H-pyrrole nitrogens is 1. The third kappa shape index (κ3) is 9.65. The van der Waals surface area contributed by atoms with Crippen molar-refractivity contribution in [2.45, 2.75) is 111 Å². The number of fused-ring (bicyclic) bond motifs is 5. The third-order valence-corrected chi connectivity index (χ3v) is 10.7. The van der Waals surface area contributed by atoms with E-state index in [1.807, 2.05) is 20.8 Å². The van der Waals surface area contributed by atoms with E-state index in [1.165, 1.54) is 31.6 Å². The highest BCUT2D eigenvalue weighted by Crippen LogP contribution is 2.55. The third-order valence-electron chi connectivity index (χ3n) is 8.75. The van der Waals surface area contributed by atoms with Gasteiger partial charge in [-0.1, -0.05) is 0 Å². The van der Waals surface area contributed by atoms with Crippen LogP contribution in [0.5, 0.6) is 11.8 Å². The zero-order valence-electron chi connectivity index (χ0n) is 33.6. The molecule has 2 N–H and O–H groups in total. The fraction of sp³-hybridized carbons (Fsp3) is 0.568. The Labute approximate surface area is 324 Å². The molecule has 1 aliphatic carbocycles. The number of hydrogen-bond acceptors (Lipinski definition) is 14. The van der Waals surface area contributed by atoms with E-state index in [1.54, 1.807) is 48.5 Å². The normalized spacial score (nSPS) is 18.8. The summed E-state index contributed by atoms with van der Waals surface area (Å²) >= 11 is 0. The van der Waals surface area contributed by atoms with Crippen LogP contribution in [0, 0.1) is 18.7 Å². The van der Waals surface area contributed by atoms with Crippen LogP contribution >= 0.6 is 7.82 Å². The first-order valence-corrected chi connectivity index (χ1v) is 19.7. The van der Waals surface area contributed by atoms with Crippen LogP contribution in [-0.2, 0) is 27.6 Å². The zero-order chi connectivity index (χ0) is 41.0. The summed E-state index contributed by atoms with van der Waals surface area (Å²) in [5.74, 6) is 0.797. The lowest BCUT2D eigenvalue weighted by atomic mass is 10.0. The molecule has 0 unspecified atom stereocenters. The molecular weight excluding hydrogens is 750 g/mol. The van der Waals surface area contributed by atoms with E-state index in [-0.39, 0.29) is 29.7 Å². The number of ether oxygens (including phenoxy) is 3. The smallest absolute Gasteiger partial charge is 0.444 e. The molecule has 3 aromatic heterocycles. The maximum Gasteiger partial charge on any atom is 0.478 e. The van der Waals surface area contributed by atoms with E-state index in [4.69, 9.17) is 32.8 Å². The maximum absolute atomic E-state index is 15.6. The van der Waals surface area contributed by atoms with Gasteiger partial charge in [-0.15, -0.1) is 0 Å². The summed E-state index contributed by atoms with van der Waals surface area (Å²) < 4.78 is 62.5. The van der Waals surface area contributed by atoms with Gasteiger partial charge in [0.15, 0.2) is 5.75 Å². The summed E-state index contributed by atoms with van der Waals surface area (Å²) in [5.41, 5.74) is -1.65. The van der Waals surface area contributed by atoms with Gasteiger partial charge in [-0.2, -0.15) is 9.97 Å². The van der Waals surface area contributed by atoms with E-state index < -0.39 is 49.4 Å². The fourth-order valence-electron chi connectivity index (χ4n) is 6.79. The SMILES string of the molecule is Cc1ncc(Oc2nc(N3C[C@H]4C[C@@H]3C[C@H]4NC(=O)OC(C)(C)C)c3c(n2)[nH]c2c(N(C)C(=O)OCOP(=O)(OC(C)(C)C)OC(C)(C)C)cc(F)cc23)cn1. The van der Waals surface area contributed by atoms with E-state index in [9.17, 15) is 14.2 Å². The monoisotopic (exact) mass is 800 g/mol. The number of nitrogens with zero attached hydrogens (tertiary/aromatic N) is 6. The van der Waals surface area contributed by atoms with Crippen molar-refractivity contribution < 1.29 is 46.3 Å². The first-order valence-electron chi connectivity index (χ1n) is 18.3. The summed E-state index contributed by atoms with van der Waals surface area (Å²) in [4.78, 5) is 50.4. The Morgan fingerprint density at radius 3 is 2.25 bits per heavy atom. The number of anilines is 2. The van der Waals surface area contributed by atoms with Crippen molar-refractivity contribution in [3.8, 4) is 11.8 Å². The predicted molar refractivity (Wildman–Crippen MR) is 205 cm³/mol. The maximum atomic E-state index is 15.6. The summed E-state index contributed by atoms with van der Waals surface area (Å²) in [6.07, 6.45) is 3.01. The number of amides is 2. The predicted octanol–water partition coefficient (Wildman–Crippen LogP) is 7.92. The molecule has 1 saturated heterocycles. The summed E-state index contributed by atoms with van der Waals surface area (Å²) in [5, 5.41) is 3.93. The molecule has 1 aromatic carbocycles. The number of nitrogens with one attached hydrogen (secondary N) is 2. The summed E-state index contributed by atoms with van der Waals surface area (Å²) in [6, 6.07) is 2.38. The van der Waals surface area contributed by atoms with E-state index in [0.29, 0.717) is 52.3 Å². The molecule has 4 heterocycles. The molecule has 2 fully saturated rings. The molecule has 0 spiro atoms. The first kappa shape index (κ1) is 41.0. The molecule has 6 rings (SSSR count). The highest BCUT2D eigenvalue weighted by Gasteiger charge is 2.47. The van der Waals surface area contributed by atoms with Crippen LogP contribution in [0.4, 0.5) is 25.5 Å². The molecule has 17 nitrogen and oxygen atoms in total. The molecule has 3 atom stereocenters. The van der Waals surface area contributed by atoms with Crippen molar-refractivity contribution >= 4 is 53.5 Å². The Kier molecular flexibility index (Phi) is 11.0. The first-order chi connectivity index (χ1) is 26.0. The van der Waals surface area contributed by atoms with Crippen LogP contribution in [0.2, 0.25) is 0 Å². The number of rotatable bonds is 10. The molecule has 2 amide bonds. The van der Waals surface area contributed by atoms with Crippen LogP contribution in [0.3, 0.4) is 0 Å². The van der Waals surface area contributed by atoms with Gasteiger partial charge in [-0.05, 0) is 100 Å². The minimum Gasteiger partial charge on any atom is -0.444 e. The molecule has 2 bridgehead atoms. The number of benzene rings is 1. The Bertz CT molecular complexity index is 2140. The summed E-state index contributed by atoms with van der Waals surface area (Å²) in [7, 11) is -2.79. The van der Waals surface area contributed by atoms with Gasteiger partial charge in [0, 0.05) is 31.1 Å². The van der Waals surface area contributed by atoms with Gasteiger partial charge >= 0.3 is 26.0 Å². The zero-order valence-corrected chi connectivity index (χ0v) is 34.4. The van der Waals surface area contributed by atoms with Gasteiger partial charge in [0.05, 0.1) is 40.2 Å². The lowest BCUT2D eigenvalue weighted by Crippen LogP contribution is -2.47. The van der Waals surface area contributed by atoms with Gasteiger partial charge in [0.1, 0.15) is 28.7 Å². The Hall–Kier alpha value is -4.64. The second-order valence-electron chi connectivity index (χ2n) is 17.0. The number of piperidine rings is 1. The number of aryl methyl sites for hydroxylation is 1. The minimum absolute atomic E-state index is 0.0102. The molecule has 1 aliphatic heterocycles. The number of hydrogen-bond donors (Lipinski definition) is 2. The highest BCUT2D eigenvalue weighted by atomic mass is 31.2. The van der Waals surface area contributed by atoms with Gasteiger partial charge in [0.2, 0.25) is 6.79 Å². The Balaban J connectivity index is 1.31. The lowest BCUT2D eigenvalue weighted by molar-refractivity contribution is -0.0275. The van der Waals surface area contributed by atoms with Crippen molar-refractivity contribution in [1.82, 2.24) is 30.2 Å². The Morgan fingerprint density at radius 1 is 1.00 bits per heavy atom. The van der Waals surface area contributed by atoms with Gasteiger partial charge in [-0.3, -0.25) is 13.9 Å². The number of aromatic amines is 1. The van der Waals surface area contributed by atoms with Crippen LogP contribution < -0.4 is 19.9 Å². The molecule has 56 heavy (non-hydrogen) atoms. The number of phosphoric acid groups is 1. The van der Waals surface area contributed by atoms with Crippen LogP contribution in [0.25, 0.3) is 21.9 Å². The number of carbonyl (C=O) groups is 2. The number of aromatic nitrogens is 5. The van der Waals surface area contributed by atoms with Crippen molar-refractivity contribution in [2.75, 3.05) is 30.2 Å². The largest absolute Gasteiger partial charge is 0.478 e. The molecule has 4 aromatic rings. The molecule has 2 aliphatic rings. The van der Waals surface area contributed by atoms with Crippen LogP contribution in [0.15, 0.2) is 24.5 Å². The van der Waals surface area contributed by atoms with E-state index >= 15 is 4.39 Å². The minimum atomic E-state index is -4.19. The average Bonchev–Trinajstić information content (AvgIpc) is 3.74. The Morgan fingerprint density at radius 2 is 1.66 bits per heavy atom. The standard InChI is InChI=1S/C37H50FN8O9P/c1-20-39-16-24(17-40-20)52-32-43-30-28(31(44-32)46-18-21-12-23(46)15-26(21)41-33(47)53-35(2,3)4)25-13-22(38)14-27(29(25)42-30)45(11)34(48)50-19-51-56(49,54-36(5,6)7)55-37(8,9)10/h13-14,16-17,21,23,26H,12,15,18-19H2,1-11H3,(H,41,47)(H,42,43,44)/t21-,23-,26-/m1/s1. The van der Waals surface area contributed by atoms with Crippen molar-refractivity contribution in [2.24, 2.45) is 5.92 Å². The van der Waals surface area contributed by atoms with Gasteiger partial charge < -0.3 is 29.4 Å². The summed E-state index contributed by atoms with van der Waals surface area (Å²) in [6.45, 7) is 17.0. The van der Waals surface area contributed by atoms with E-state index in [2.05, 4.69) is 30.2 Å². The second-order valence-corrected chi connectivity index (χ2v) is 18.5.